The van der Waals surface area contributed by atoms with Gasteiger partial charge in [0.05, 0.1) is 17.8 Å². The predicted molar refractivity (Wildman–Crippen MR) is 149 cm³/mol. The summed E-state index contributed by atoms with van der Waals surface area (Å²) >= 11 is 0. The molecule has 0 unspecified atom stereocenters. The minimum Gasteiger partial charge on any atom is -0.478 e. The van der Waals surface area contributed by atoms with Crippen LogP contribution in [0.4, 0.5) is 0 Å². The van der Waals surface area contributed by atoms with E-state index >= 15 is 0 Å². The first-order chi connectivity index (χ1) is 18.0. The maximum Gasteiger partial charge on any atom is 0.335 e. The molecule has 0 bridgehead atoms. The Balaban J connectivity index is 1.36. The van der Waals surface area contributed by atoms with Gasteiger partial charge in [0, 0.05) is 35.2 Å². The van der Waals surface area contributed by atoms with Crippen LogP contribution in [0.15, 0.2) is 72.3 Å². The third kappa shape index (κ3) is 4.60. The Kier molecular flexibility index (Phi) is 6.38. The normalized spacial score (nSPS) is 20.4. The van der Waals surface area contributed by atoms with Crippen LogP contribution < -0.4 is 0 Å². The molecule has 6 heteroatoms. The highest BCUT2D eigenvalue weighted by Crippen LogP contribution is 2.55. The van der Waals surface area contributed by atoms with Gasteiger partial charge in [-0.3, -0.25) is 9.48 Å². The molecule has 2 aromatic carbocycles. The second kappa shape index (κ2) is 9.43. The number of benzene rings is 2. The summed E-state index contributed by atoms with van der Waals surface area (Å²) in [6, 6.07) is 17.1. The smallest absolute Gasteiger partial charge is 0.335 e. The molecule has 6 nitrogen and oxygen atoms in total. The van der Waals surface area contributed by atoms with Crippen molar-refractivity contribution in [2.75, 3.05) is 13.1 Å². The predicted octanol–water partition coefficient (Wildman–Crippen LogP) is 6.15. The van der Waals surface area contributed by atoms with Gasteiger partial charge in [-0.1, -0.05) is 62.8 Å². The molecule has 0 radical (unpaired) electrons. The summed E-state index contributed by atoms with van der Waals surface area (Å²) in [5.41, 5.74) is 7.34. The molecular weight excluding hydrogens is 474 g/mol. The molecule has 2 heterocycles. The van der Waals surface area contributed by atoms with Crippen LogP contribution in [0.25, 0.3) is 5.57 Å². The van der Waals surface area contributed by atoms with E-state index in [9.17, 15) is 14.7 Å². The fourth-order valence-corrected chi connectivity index (χ4v) is 6.35. The topological polar surface area (TPSA) is 75.4 Å². The third-order valence-corrected chi connectivity index (χ3v) is 8.15. The lowest BCUT2D eigenvalue weighted by Gasteiger charge is -2.50. The molecule has 1 N–H and O–H groups in total. The Hall–Kier alpha value is -3.93. The van der Waals surface area contributed by atoms with Crippen molar-refractivity contribution in [3.63, 3.8) is 0 Å². The summed E-state index contributed by atoms with van der Waals surface area (Å²) < 4.78 is 1.97. The molecule has 2 aliphatic rings. The number of amides is 1. The summed E-state index contributed by atoms with van der Waals surface area (Å²) in [7, 11) is 0. The average molecular weight is 510 g/mol. The molecule has 1 amide bonds. The molecule has 1 atom stereocenters. The van der Waals surface area contributed by atoms with Gasteiger partial charge in [-0.15, -0.1) is 0 Å². The van der Waals surface area contributed by atoms with Crippen molar-refractivity contribution >= 4 is 17.4 Å². The number of carboxylic acid groups (broad SMARTS) is 1. The lowest BCUT2D eigenvalue weighted by molar-refractivity contribution is 0.0678. The van der Waals surface area contributed by atoms with Gasteiger partial charge >= 0.3 is 5.97 Å². The molecule has 0 saturated heterocycles. The van der Waals surface area contributed by atoms with Gasteiger partial charge < -0.3 is 10.0 Å². The second-order valence-corrected chi connectivity index (χ2v) is 11.5. The van der Waals surface area contributed by atoms with Gasteiger partial charge in [0.1, 0.15) is 0 Å². The molecule has 1 aliphatic carbocycles. The Labute approximate surface area is 224 Å². The largest absolute Gasteiger partial charge is 0.478 e. The number of nitrogens with zero attached hydrogens (tertiary/aromatic N) is 3. The summed E-state index contributed by atoms with van der Waals surface area (Å²) in [6.07, 6.45) is 5.33. The lowest BCUT2D eigenvalue weighted by Crippen LogP contribution is -2.48. The molecule has 0 fully saturated rings. The van der Waals surface area contributed by atoms with Gasteiger partial charge in [-0.25, -0.2) is 4.79 Å². The van der Waals surface area contributed by atoms with E-state index in [-0.39, 0.29) is 22.3 Å². The van der Waals surface area contributed by atoms with Crippen LogP contribution in [0, 0.1) is 24.7 Å². The third-order valence-electron chi connectivity index (χ3n) is 8.15. The Morgan fingerprint density at radius 2 is 1.71 bits per heavy atom. The highest BCUT2D eigenvalue weighted by Gasteiger charge is 2.46. The zero-order chi connectivity index (χ0) is 27.2. The summed E-state index contributed by atoms with van der Waals surface area (Å²) in [6.45, 7) is 12.6. The first kappa shape index (κ1) is 25.7. The molecule has 38 heavy (non-hydrogen) atoms. The quantitative estimate of drug-likeness (QED) is 0.419. The number of carboxylic acids is 1. The summed E-state index contributed by atoms with van der Waals surface area (Å²) in [4.78, 5) is 26.9. The van der Waals surface area contributed by atoms with Gasteiger partial charge in [0.15, 0.2) is 0 Å². The van der Waals surface area contributed by atoms with E-state index < -0.39 is 5.97 Å². The first-order valence-corrected chi connectivity index (χ1v) is 13.1. The number of allylic oxidation sites excluding steroid dienone is 2. The molecule has 0 spiro atoms. The molecule has 1 aromatic heterocycles. The van der Waals surface area contributed by atoms with Gasteiger partial charge in [-0.2, -0.15) is 5.10 Å². The summed E-state index contributed by atoms with van der Waals surface area (Å²) in [5, 5.41) is 13.8. The van der Waals surface area contributed by atoms with Crippen molar-refractivity contribution < 1.29 is 14.7 Å². The minimum atomic E-state index is -0.919. The van der Waals surface area contributed by atoms with E-state index in [1.807, 2.05) is 59.8 Å². The standard InChI is InChI=1S/C32H35N3O3/c1-21-17-22(2)35(33-21)19-23-7-6-8-26(18-23)29(36)34-16-14-28-31(3,4)27(13-15-32(28,5)20-34)24-9-11-25(12-10-24)30(37)38/h6-14,17-18H,15-16,19-20H2,1-5H3,(H,37,38)/t32-/m1/s1. The van der Waals surface area contributed by atoms with Crippen LogP contribution in [0.1, 0.15) is 70.4 Å². The number of carbonyl (C=O) groups excluding carboxylic acids is 1. The summed E-state index contributed by atoms with van der Waals surface area (Å²) in [5.74, 6) is -0.869. The fourth-order valence-electron chi connectivity index (χ4n) is 6.35. The highest BCUT2D eigenvalue weighted by atomic mass is 16.4. The molecule has 5 rings (SSSR count). The van der Waals surface area contributed by atoms with E-state index in [2.05, 4.69) is 44.1 Å². The van der Waals surface area contributed by atoms with Crippen LogP contribution in [0.5, 0.6) is 0 Å². The zero-order valence-corrected chi connectivity index (χ0v) is 22.8. The minimum absolute atomic E-state index is 0.0496. The number of fused-ring (bicyclic) bond motifs is 1. The lowest BCUT2D eigenvalue weighted by atomic mass is 9.58. The van der Waals surface area contributed by atoms with Crippen molar-refractivity contribution in [1.29, 1.82) is 0 Å². The van der Waals surface area contributed by atoms with Crippen molar-refractivity contribution in [1.82, 2.24) is 14.7 Å². The number of hydrogen-bond donors (Lipinski definition) is 1. The molecular formula is C32H35N3O3. The van der Waals surface area contributed by atoms with Crippen molar-refractivity contribution in [3.8, 4) is 0 Å². The monoisotopic (exact) mass is 509 g/mol. The number of hydrogen-bond acceptors (Lipinski definition) is 3. The molecule has 3 aromatic rings. The van der Waals surface area contributed by atoms with Crippen molar-refractivity contribution in [2.24, 2.45) is 10.8 Å². The highest BCUT2D eigenvalue weighted by molar-refractivity contribution is 5.95. The van der Waals surface area contributed by atoms with E-state index in [0.717, 1.165) is 28.9 Å². The van der Waals surface area contributed by atoms with Crippen LogP contribution in [-0.4, -0.2) is 44.8 Å². The Bertz CT molecular complexity index is 1480. The van der Waals surface area contributed by atoms with E-state index in [1.165, 1.54) is 11.1 Å². The van der Waals surface area contributed by atoms with Crippen molar-refractivity contribution in [3.05, 3.63) is 106 Å². The Morgan fingerprint density at radius 1 is 0.974 bits per heavy atom. The van der Waals surface area contributed by atoms with Gasteiger partial charge in [-0.05, 0) is 67.3 Å². The number of carbonyl (C=O) groups is 2. The fraction of sp³-hybridized carbons (Fsp3) is 0.344. The first-order valence-electron chi connectivity index (χ1n) is 13.1. The zero-order valence-electron chi connectivity index (χ0n) is 22.8. The van der Waals surface area contributed by atoms with Crippen molar-refractivity contribution in [2.45, 2.75) is 47.6 Å². The van der Waals surface area contributed by atoms with E-state index in [1.54, 1.807) is 12.1 Å². The van der Waals surface area contributed by atoms with Crippen LogP contribution in [0.3, 0.4) is 0 Å². The van der Waals surface area contributed by atoms with E-state index in [0.29, 0.717) is 25.2 Å². The van der Waals surface area contributed by atoms with Gasteiger partial charge in [0.2, 0.25) is 0 Å². The number of aromatic nitrogens is 2. The van der Waals surface area contributed by atoms with Crippen LogP contribution in [0.2, 0.25) is 0 Å². The maximum absolute atomic E-state index is 13.6. The Morgan fingerprint density at radius 3 is 2.37 bits per heavy atom. The van der Waals surface area contributed by atoms with Crippen LogP contribution in [-0.2, 0) is 6.54 Å². The number of aromatic carboxylic acids is 1. The molecule has 1 aliphatic heterocycles. The molecule has 196 valence electrons. The average Bonchev–Trinajstić information content (AvgIpc) is 3.19. The number of aryl methyl sites for hydroxylation is 2. The van der Waals surface area contributed by atoms with Gasteiger partial charge in [0.25, 0.3) is 5.91 Å². The number of rotatable bonds is 5. The SMILES string of the molecule is Cc1cc(C)n(Cc2cccc(C(=O)N3CC=C4C(C)(C)C(c5ccc(C(=O)O)cc5)=CC[C@]4(C)C3)c2)n1. The van der Waals surface area contributed by atoms with E-state index in [4.69, 9.17) is 0 Å². The molecule has 0 saturated carbocycles. The van der Waals surface area contributed by atoms with Crippen LogP contribution >= 0.6 is 0 Å². The maximum atomic E-state index is 13.6. The second-order valence-electron chi connectivity index (χ2n) is 11.5.